The third kappa shape index (κ3) is 4.33. The summed E-state index contributed by atoms with van der Waals surface area (Å²) in [7, 11) is 3.02. The highest BCUT2D eigenvalue weighted by Crippen LogP contribution is 2.04. The van der Waals surface area contributed by atoms with Gasteiger partial charge in [0.15, 0.2) is 0 Å². The number of alkyl halides is 1. The van der Waals surface area contributed by atoms with E-state index >= 15 is 0 Å². The molecule has 4 nitrogen and oxygen atoms in total. The van der Waals surface area contributed by atoms with Gasteiger partial charge in [-0.2, -0.15) is 0 Å². The first-order chi connectivity index (χ1) is 5.61. The van der Waals surface area contributed by atoms with Gasteiger partial charge in [0.1, 0.15) is 5.50 Å². The van der Waals surface area contributed by atoms with E-state index < -0.39 is 11.5 Å². The van der Waals surface area contributed by atoms with Crippen LogP contribution in [-0.4, -0.2) is 25.6 Å². The van der Waals surface area contributed by atoms with Crippen LogP contribution in [0.4, 0.5) is 0 Å². The molecule has 0 saturated carbocycles. The number of hydrogen-bond donors (Lipinski definition) is 2. The number of hydrogen-bond acceptors (Lipinski definition) is 4. The molecule has 1 atom stereocenters. The fourth-order valence-corrected chi connectivity index (χ4v) is 0.731. The molecule has 0 unspecified atom stereocenters. The predicted molar refractivity (Wildman–Crippen MR) is 47.6 cm³/mol. The van der Waals surface area contributed by atoms with Crippen molar-refractivity contribution in [1.82, 2.24) is 10.9 Å². The lowest BCUT2D eigenvalue weighted by Gasteiger charge is -2.10. The molecule has 0 bridgehead atoms. The van der Waals surface area contributed by atoms with Crippen molar-refractivity contribution in [2.45, 2.75) is 12.4 Å². The van der Waals surface area contributed by atoms with Gasteiger partial charge >= 0.3 is 5.97 Å². The first-order valence-corrected chi connectivity index (χ1v) is 3.88. The normalized spacial score (nSPS) is 14.2. The molecule has 0 saturated heterocycles. The van der Waals surface area contributed by atoms with Gasteiger partial charge in [0.2, 0.25) is 0 Å². The third-order valence-corrected chi connectivity index (χ3v) is 1.67. The second-order valence-corrected chi connectivity index (χ2v) is 2.60. The van der Waals surface area contributed by atoms with Crippen LogP contribution in [0.5, 0.6) is 0 Å². The minimum absolute atomic E-state index is 0.406. The Kier molecular flexibility index (Phi) is 5.70. The van der Waals surface area contributed by atoms with Crippen LogP contribution in [0.1, 0.15) is 6.92 Å². The number of carbonyl (C=O) groups is 1. The number of esters is 1. The first kappa shape index (κ1) is 11.4. The van der Waals surface area contributed by atoms with Crippen molar-refractivity contribution in [3.05, 3.63) is 11.6 Å². The number of hydrazine groups is 1. The standard InChI is InChI=1S/C7H13ClN2O2/c1-5(4-6(11)12-3)7(8)10-9-2/h4,7,9-10H,1-3H3/b5-4+/t7-/m1/s1. The Morgan fingerprint density at radius 3 is 2.67 bits per heavy atom. The van der Waals surface area contributed by atoms with Crippen molar-refractivity contribution < 1.29 is 9.53 Å². The lowest BCUT2D eigenvalue weighted by Crippen LogP contribution is -2.35. The molecule has 2 N–H and O–H groups in total. The van der Waals surface area contributed by atoms with Gasteiger partial charge < -0.3 is 4.74 Å². The van der Waals surface area contributed by atoms with E-state index in [-0.39, 0.29) is 0 Å². The monoisotopic (exact) mass is 192 g/mol. The topological polar surface area (TPSA) is 50.4 Å². The van der Waals surface area contributed by atoms with E-state index in [1.807, 2.05) is 0 Å². The summed E-state index contributed by atoms with van der Waals surface area (Å²) in [5.74, 6) is -0.406. The molecule has 0 amide bonds. The second kappa shape index (κ2) is 5.99. The van der Waals surface area contributed by atoms with E-state index in [1.165, 1.54) is 13.2 Å². The molecule has 0 aliphatic rings. The van der Waals surface area contributed by atoms with E-state index in [1.54, 1.807) is 14.0 Å². The molecule has 70 valence electrons. The SMILES string of the molecule is CNN[C@@H](Cl)/C(C)=C/C(=O)OC. The van der Waals surface area contributed by atoms with Gasteiger partial charge in [-0.1, -0.05) is 11.6 Å². The van der Waals surface area contributed by atoms with E-state index in [4.69, 9.17) is 11.6 Å². The summed E-state index contributed by atoms with van der Waals surface area (Å²) in [5, 5.41) is 0. The van der Waals surface area contributed by atoms with E-state index in [2.05, 4.69) is 15.6 Å². The van der Waals surface area contributed by atoms with E-state index in [0.29, 0.717) is 5.57 Å². The molecule has 0 spiro atoms. The van der Waals surface area contributed by atoms with Crippen LogP contribution < -0.4 is 10.9 Å². The first-order valence-electron chi connectivity index (χ1n) is 3.44. The fourth-order valence-electron chi connectivity index (χ4n) is 0.559. The van der Waals surface area contributed by atoms with Gasteiger partial charge in [-0.3, -0.25) is 5.43 Å². The predicted octanol–water partition coefficient (Wildman–Crippen LogP) is 0.395. The summed E-state index contributed by atoms with van der Waals surface area (Å²) >= 11 is 5.78. The Bertz CT molecular complexity index is 182. The highest BCUT2D eigenvalue weighted by atomic mass is 35.5. The Morgan fingerprint density at radius 2 is 2.25 bits per heavy atom. The maximum atomic E-state index is 10.7. The summed E-state index contributed by atoms with van der Waals surface area (Å²) in [6, 6.07) is 0. The highest BCUT2D eigenvalue weighted by Gasteiger charge is 2.06. The third-order valence-electron chi connectivity index (χ3n) is 1.22. The summed E-state index contributed by atoms with van der Waals surface area (Å²) in [4.78, 5) is 10.7. The Labute approximate surface area is 76.9 Å². The fraction of sp³-hybridized carbons (Fsp3) is 0.571. The largest absolute Gasteiger partial charge is 0.466 e. The maximum absolute atomic E-state index is 10.7. The van der Waals surface area contributed by atoms with Crippen LogP contribution in [0.25, 0.3) is 0 Å². The number of carbonyl (C=O) groups excluding carboxylic acids is 1. The molecule has 5 heteroatoms. The van der Waals surface area contributed by atoms with Crippen LogP contribution in [0.15, 0.2) is 11.6 Å². The summed E-state index contributed by atoms with van der Waals surface area (Å²) in [6.07, 6.45) is 1.34. The smallest absolute Gasteiger partial charge is 0.330 e. The molecule has 0 fully saturated rings. The van der Waals surface area contributed by atoms with Crippen molar-refractivity contribution in [1.29, 1.82) is 0 Å². The zero-order valence-corrected chi connectivity index (χ0v) is 8.11. The minimum atomic E-state index is -0.408. The van der Waals surface area contributed by atoms with Gasteiger partial charge in [0.25, 0.3) is 0 Å². The van der Waals surface area contributed by atoms with Crippen molar-refractivity contribution >= 4 is 17.6 Å². The average Bonchev–Trinajstić information content (AvgIpc) is 2.04. The molecule has 0 radical (unpaired) electrons. The van der Waals surface area contributed by atoms with Crippen LogP contribution in [-0.2, 0) is 9.53 Å². The lowest BCUT2D eigenvalue weighted by molar-refractivity contribution is -0.134. The molecule has 12 heavy (non-hydrogen) atoms. The Morgan fingerprint density at radius 1 is 1.67 bits per heavy atom. The zero-order valence-electron chi connectivity index (χ0n) is 7.35. The number of methoxy groups -OCH3 is 1. The van der Waals surface area contributed by atoms with Crippen LogP contribution in [0, 0.1) is 0 Å². The zero-order chi connectivity index (χ0) is 9.56. The van der Waals surface area contributed by atoms with Gasteiger partial charge in [-0.05, 0) is 19.5 Å². The molecule has 0 heterocycles. The Hall–Kier alpha value is -0.580. The van der Waals surface area contributed by atoms with Crippen molar-refractivity contribution in [2.24, 2.45) is 0 Å². The van der Waals surface area contributed by atoms with Crippen molar-refractivity contribution in [2.75, 3.05) is 14.2 Å². The number of rotatable bonds is 4. The molecule has 0 aliphatic carbocycles. The number of nitrogens with one attached hydrogen (secondary N) is 2. The molecule has 0 rings (SSSR count). The molecular formula is C7H13ClN2O2. The lowest BCUT2D eigenvalue weighted by atomic mass is 10.3. The number of halogens is 1. The van der Waals surface area contributed by atoms with Crippen molar-refractivity contribution in [3.8, 4) is 0 Å². The molecule has 0 aromatic carbocycles. The molecule has 0 aromatic heterocycles. The van der Waals surface area contributed by atoms with E-state index in [9.17, 15) is 4.79 Å². The van der Waals surface area contributed by atoms with Crippen LogP contribution in [0.2, 0.25) is 0 Å². The van der Waals surface area contributed by atoms with Gasteiger partial charge in [0, 0.05) is 6.08 Å². The number of ether oxygens (including phenoxy) is 1. The summed E-state index contributed by atoms with van der Waals surface area (Å²) in [5.41, 5.74) is 5.66. The molecule has 0 aromatic rings. The summed E-state index contributed by atoms with van der Waals surface area (Å²) in [6.45, 7) is 1.74. The Balaban J connectivity index is 4.06. The van der Waals surface area contributed by atoms with Gasteiger partial charge in [0.05, 0.1) is 7.11 Å². The highest BCUT2D eigenvalue weighted by molar-refractivity contribution is 6.22. The van der Waals surface area contributed by atoms with Crippen molar-refractivity contribution in [3.63, 3.8) is 0 Å². The van der Waals surface area contributed by atoms with Crippen LogP contribution >= 0.6 is 11.6 Å². The molecular weight excluding hydrogens is 180 g/mol. The van der Waals surface area contributed by atoms with Gasteiger partial charge in [-0.15, -0.1) is 0 Å². The minimum Gasteiger partial charge on any atom is -0.466 e. The maximum Gasteiger partial charge on any atom is 0.330 e. The molecule has 0 aliphatic heterocycles. The second-order valence-electron chi connectivity index (χ2n) is 2.17. The average molecular weight is 193 g/mol. The van der Waals surface area contributed by atoms with Gasteiger partial charge in [-0.25, -0.2) is 10.2 Å². The quantitative estimate of drug-likeness (QED) is 0.223. The van der Waals surface area contributed by atoms with E-state index in [0.717, 1.165) is 0 Å². The summed E-state index contributed by atoms with van der Waals surface area (Å²) < 4.78 is 4.43. The van der Waals surface area contributed by atoms with Crippen LogP contribution in [0.3, 0.4) is 0 Å².